The van der Waals surface area contributed by atoms with Crippen molar-refractivity contribution in [3.05, 3.63) is 71.7 Å². The SMILES string of the molecule is Cc1ccc(CNc2cnnc(Nc3ccccc3F)n2)cc1. The van der Waals surface area contributed by atoms with Gasteiger partial charge in [-0.3, -0.25) is 0 Å². The maximum Gasteiger partial charge on any atom is 0.249 e. The Bertz CT molecular complexity index is 789. The Morgan fingerprint density at radius 2 is 1.83 bits per heavy atom. The third kappa shape index (κ3) is 4.00. The minimum Gasteiger partial charge on any atom is -0.365 e. The number of anilines is 3. The van der Waals surface area contributed by atoms with Crippen LogP contribution in [0.2, 0.25) is 0 Å². The molecule has 23 heavy (non-hydrogen) atoms. The quantitative estimate of drug-likeness (QED) is 0.753. The topological polar surface area (TPSA) is 62.7 Å². The highest BCUT2D eigenvalue weighted by molar-refractivity contribution is 5.54. The van der Waals surface area contributed by atoms with Gasteiger partial charge in [0.1, 0.15) is 5.82 Å². The Morgan fingerprint density at radius 3 is 2.61 bits per heavy atom. The number of halogens is 1. The van der Waals surface area contributed by atoms with Crippen LogP contribution in [0.25, 0.3) is 0 Å². The summed E-state index contributed by atoms with van der Waals surface area (Å²) in [7, 11) is 0. The highest BCUT2D eigenvalue weighted by atomic mass is 19.1. The van der Waals surface area contributed by atoms with Crippen molar-refractivity contribution in [3.8, 4) is 0 Å². The number of para-hydroxylation sites is 1. The van der Waals surface area contributed by atoms with Gasteiger partial charge < -0.3 is 10.6 Å². The molecule has 0 aliphatic carbocycles. The molecule has 0 saturated carbocycles. The maximum atomic E-state index is 13.6. The van der Waals surface area contributed by atoms with E-state index in [1.807, 2.05) is 6.92 Å². The second-order valence-electron chi connectivity index (χ2n) is 5.11. The van der Waals surface area contributed by atoms with Crippen molar-refractivity contribution in [1.29, 1.82) is 0 Å². The molecule has 0 aliphatic heterocycles. The Morgan fingerprint density at radius 1 is 1.04 bits per heavy atom. The molecule has 6 heteroatoms. The van der Waals surface area contributed by atoms with Crippen LogP contribution in [-0.2, 0) is 6.54 Å². The summed E-state index contributed by atoms with van der Waals surface area (Å²) in [4.78, 5) is 4.28. The molecule has 0 bridgehead atoms. The number of aromatic nitrogens is 3. The van der Waals surface area contributed by atoms with Crippen LogP contribution >= 0.6 is 0 Å². The summed E-state index contributed by atoms with van der Waals surface area (Å²) in [5.41, 5.74) is 2.66. The molecule has 0 atom stereocenters. The summed E-state index contributed by atoms with van der Waals surface area (Å²) in [5, 5.41) is 13.7. The van der Waals surface area contributed by atoms with Crippen molar-refractivity contribution in [2.75, 3.05) is 10.6 Å². The molecule has 2 aromatic carbocycles. The van der Waals surface area contributed by atoms with Crippen LogP contribution in [0, 0.1) is 12.7 Å². The zero-order valence-corrected chi connectivity index (χ0v) is 12.6. The van der Waals surface area contributed by atoms with E-state index in [0.29, 0.717) is 18.1 Å². The summed E-state index contributed by atoms with van der Waals surface area (Å²) in [5.74, 6) is 0.442. The zero-order valence-electron chi connectivity index (χ0n) is 12.6. The van der Waals surface area contributed by atoms with Gasteiger partial charge in [0.2, 0.25) is 5.95 Å². The molecule has 3 aromatic rings. The van der Waals surface area contributed by atoms with Crippen molar-refractivity contribution in [3.63, 3.8) is 0 Å². The Hall–Kier alpha value is -3.02. The van der Waals surface area contributed by atoms with Crippen molar-refractivity contribution < 1.29 is 4.39 Å². The van der Waals surface area contributed by atoms with Crippen LogP contribution in [-0.4, -0.2) is 15.2 Å². The van der Waals surface area contributed by atoms with E-state index in [2.05, 4.69) is 50.1 Å². The lowest BCUT2D eigenvalue weighted by molar-refractivity contribution is 0.631. The molecule has 0 fully saturated rings. The molecule has 0 unspecified atom stereocenters. The fourth-order valence-corrected chi connectivity index (χ4v) is 2.02. The fourth-order valence-electron chi connectivity index (χ4n) is 2.02. The lowest BCUT2D eigenvalue weighted by atomic mass is 10.1. The average molecular weight is 309 g/mol. The van der Waals surface area contributed by atoms with E-state index < -0.39 is 0 Å². The van der Waals surface area contributed by atoms with Crippen molar-refractivity contribution in [2.24, 2.45) is 0 Å². The molecule has 0 saturated heterocycles. The van der Waals surface area contributed by atoms with Gasteiger partial charge in [-0.15, -0.1) is 5.10 Å². The average Bonchev–Trinajstić information content (AvgIpc) is 2.57. The van der Waals surface area contributed by atoms with Gasteiger partial charge in [-0.1, -0.05) is 42.0 Å². The normalized spacial score (nSPS) is 10.3. The summed E-state index contributed by atoms with van der Waals surface area (Å²) >= 11 is 0. The van der Waals surface area contributed by atoms with E-state index in [0.717, 1.165) is 5.56 Å². The Labute approximate surface area is 133 Å². The molecule has 3 rings (SSSR count). The molecule has 1 aromatic heterocycles. The van der Waals surface area contributed by atoms with Gasteiger partial charge in [0.05, 0.1) is 11.9 Å². The molecule has 0 radical (unpaired) electrons. The van der Waals surface area contributed by atoms with E-state index in [-0.39, 0.29) is 11.8 Å². The predicted octanol–water partition coefficient (Wildman–Crippen LogP) is 3.67. The number of hydrogen-bond acceptors (Lipinski definition) is 5. The van der Waals surface area contributed by atoms with Crippen LogP contribution in [0.4, 0.5) is 21.8 Å². The third-order valence-electron chi connectivity index (χ3n) is 3.27. The number of benzene rings is 2. The molecule has 1 heterocycles. The second-order valence-corrected chi connectivity index (χ2v) is 5.11. The molecule has 0 aliphatic rings. The van der Waals surface area contributed by atoms with E-state index in [9.17, 15) is 4.39 Å². The van der Waals surface area contributed by atoms with Crippen LogP contribution in [0.1, 0.15) is 11.1 Å². The van der Waals surface area contributed by atoms with Gasteiger partial charge in [0.15, 0.2) is 5.82 Å². The molecule has 2 N–H and O–H groups in total. The van der Waals surface area contributed by atoms with Gasteiger partial charge in [-0.05, 0) is 24.6 Å². The van der Waals surface area contributed by atoms with Gasteiger partial charge in [0, 0.05) is 6.54 Å². The highest BCUT2D eigenvalue weighted by Crippen LogP contribution is 2.17. The third-order valence-corrected chi connectivity index (χ3v) is 3.27. The monoisotopic (exact) mass is 309 g/mol. The predicted molar refractivity (Wildman–Crippen MR) is 88.0 cm³/mol. The lowest BCUT2D eigenvalue weighted by Crippen LogP contribution is -2.06. The largest absolute Gasteiger partial charge is 0.365 e. The number of aryl methyl sites for hydroxylation is 1. The number of nitrogens with one attached hydrogen (secondary N) is 2. The molecule has 5 nitrogen and oxygen atoms in total. The van der Waals surface area contributed by atoms with Crippen molar-refractivity contribution in [1.82, 2.24) is 15.2 Å². The van der Waals surface area contributed by atoms with Crippen LogP contribution in [0.5, 0.6) is 0 Å². The second kappa shape index (κ2) is 6.83. The van der Waals surface area contributed by atoms with E-state index >= 15 is 0 Å². The van der Waals surface area contributed by atoms with Crippen molar-refractivity contribution >= 4 is 17.5 Å². The van der Waals surface area contributed by atoms with Gasteiger partial charge in [0.25, 0.3) is 0 Å². The minimum atomic E-state index is -0.367. The minimum absolute atomic E-state index is 0.240. The Balaban J connectivity index is 1.67. The summed E-state index contributed by atoms with van der Waals surface area (Å²) < 4.78 is 13.6. The fraction of sp³-hybridized carbons (Fsp3) is 0.118. The first kappa shape index (κ1) is 14.9. The molecular formula is C17H16FN5. The van der Waals surface area contributed by atoms with Gasteiger partial charge in [-0.2, -0.15) is 10.1 Å². The van der Waals surface area contributed by atoms with Crippen LogP contribution in [0.15, 0.2) is 54.7 Å². The van der Waals surface area contributed by atoms with Gasteiger partial charge in [-0.25, -0.2) is 4.39 Å². The Kier molecular flexibility index (Phi) is 4.42. The van der Waals surface area contributed by atoms with E-state index in [1.54, 1.807) is 18.2 Å². The first-order valence-electron chi connectivity index (χ1n) is 7.21. The van der Waals surface area contributed by atoms with E-state index in [1.165, 1.54) is 17.8 Å². The zero-order chi connectivity index (χ0) is 16.1. The first-order chi connectivity index (χ1) is 11.2. The molecule has 0 amide bonds. The van der Waals surface area contributed by atoms with Gasteiger partial charge >= 0.3 is 0 Å². The first-order valence-corrected chi connectivity index (χ1v) is 7.21. The van der Waals surface area contributed by atoms with Crippen LogP contribution < -0.4 is 10.6 Å². The number of hydrogen-bond donors (Lipinski definition) is 2. The summed E-state index contributed by atoms with van der Waals surface area (Å²) in [6.07, 6.45) is 1.53. The van der Waals surface area contributed by atoms with Crippen molar-refractivity contribution in [2.45, 2.75) is 13.5 Å². The summed E-state index contributed by atoms with van der Waals surface area (Å²) in [6, 6.07) is 14.6. The highest BCUT2D eigenvalue weighted by Gasteiger charge is 2.05. The lowest BCUT2D eigenvalue weighted by Gasteiger charge is -2.08. The maximum absolute atomic E-state index is 13.6. The number of nitrogens with zero attached hydrogens (tertiary/aromatic N) is 3. The standard InChI is InChI=1S/C17H16FN5/c1-12-6-8-13(9-7-12)10-19-16-11-20-23-17(22-16)21-15-5-3-2-4-14(15)18/h2-9,11H,10H2,1H3,(H2,19,21,22,23). The molecule has 116 valence electrons. The molecular weight excluding hydrogens is 293 g/mol. The smallest absolute Gasteiger partial charge is 0.249 e. The van der Waals surface area contributed by atoms with Crippen LogP contribution in [0.3, 0.4) is 0 Å². The number of rotatable bonds is 5. The molecule has 0 spiro atoms. The summed E-state index contributed by atoms with van der Waals surface area (Å²) in [6.45, 7) is 2.67. The van der Waals surface area contributed by atoms with E-state index in [4.69, 9.17) is 0 Å².